The molecule has 2 N–H and O–H groups in total. The van der Waals surface area contributed by atoms with Crippen LogP contribution in [-0.2, 0) is 6.42 Å². The molecule has 2 aromatic rings. The van der Waals surface area contributed by atoms with E-state index < -0.39 is 0 Å². The zero-order valence-electron chi connectivity index (χ0n) is 15.0. The molecule has 2 aromatic carbocycles. The van der Waals surface area contributed by atoms with Gasteiger partial charge in [0.25, 0.3) is 0 Å². The predicted molar refractivity (Wildman–Crippen MR) is 99.2 cm³/mol. The average Bonchev–Trinajstić information content (AvgIpc) is 2.90. The van der Waals surface area contributed by atoms with Crippen LogP contribution in [0.3, 0.4) is 0 Å². The van der Waals surface area contributed by atoms with E-state index in [1.807, 2.05) is 12.1 Å². The van der Waals surface area contributed by atoms with Crippen molar-refractivity contribution in [1.82, 2.24) is 5.32 Å². The summed E-state index contributed by atoms with van der Waals surface area (Å²) in [5.41, 5.74) is 3.52. The Morgan fingerprint density at radius 1 is 1.00 bits per heavy atom. The molecule has 0 aromatic heterocycles. The van der Waals surface area contributed by atoms with Gasteiger partial charge in [0.1, 0.15) is 0 Å². The van der Waals surface area contributed by atoms with Crippen molar-refractivity contribution in [2.75, 3.05) is 19.8 Å². The quantitative estimate of drug-likeness (QED) is 0.839. The summed E-state index contributed by atoms with van der Waals surface area (Å²) in [5.74, 6) is 1.61. The van der Waals surface area contributed by atoms with Gasteiger partial charge >= 0.3 is 0 Å². The first-order valence-corrected chi connectivity index (χ1v) is 9.06. The number of aliphatic hydroxyl groups is 1. The number of aliphatic hydroxyl groups excluding tert-OH is 1. The van der Waals surface area contributed by atoms with Crippen LogP contribution in [0.2, 0.25) is 0 Å². The highest BCUT2D eigenvalue weighted by atomic mass is 16.5. The Hall–Kier alpha value is -2.04. The van der Waals surface area contributed by atoms with Crippen molar-refractivity contribution < 1.29 is 14.6 Å². The molecular weight excluding hydrogens is 314 g/mol. The molecule has 0 fully saturated rings. The SMILES string of the molecule is CCc1ccc(C(CO)NC(C)c2ccc3c(c2)OCCCO3)cc1. The lowest BCUT2D eigenvalue weighted by molar-refractivity contribution is 0.235. The number of rotatable bonds is 6. The molecule has 1 heterocycles. The van der Waals surface area contributed by atoms with E-state index in [4.69, 9.17) is 9.47 Å². The Kier molecular flexibility index (Phi) is 5.95. The third-order valence-corrected chi connectivity index (χ3v) is 4.70. The van der Waals surface area contributed by atoms with Crippen molar-refractivity contribution in [2.24, 2.45) is 0 Å². The van der Waals surface area contributed by atoms with Gasteiger partial charge in [0.15, 0.2) is 11.5 Å². The molecule has 0 saturated carbocycles. The van der Waals surface area contributed by atoms with Crippen LogP contribution in [-0.4, -0.2) is 24.9 Å². The standard InChI is InChI=1S/C21H27NO3/c1-3-16-5-7-17(8-6-16)19(14-23)22-15(2)18-9-10-20-21(13-18)25-12-4-11-24-20/h5-10,13,15,19,22-23H,3-4,11-12,14H2,1-2H3. The highest BCUT2D eigenvalue weighted by Gasteiger charge is 2.17. The minimum Gasteiger partial charge on any atom is -0.490 e. The Morgan fingerprint density at radius 2 is 1.68 bits per heavy atom. The molecule has 3 rings (SSSR count). The molecule has 0 radical (unpaired) electrons. The molecule has 0 spiro atoms. The fourth-order valence-corrected chi connectivity index (χ4v) is 3.09. The van der Waals surface area contributed by atoms with Gasteiger partial charge in [-0.2, -0.15) is 0 Å². The number of aryl methyl sites for hydroxylation is 1. The Labute approximate surface area is 149 Å². The van der Waals surface area contributed by atoms with E-state index in [1.165, 1.54) is 5.56 Å². The predicted octanol–water partition coefficient (Wildman–Crippen LogP) is 3.79. The number of fused-ring (bicyclic) bond motifs is 1. The van der Waals surface area contributed by atoms with E-state index in [2.05, 4.69) is 49.5 Å². The molecule has 4 nitrogen and oxygen atoms in total. The van der Waals surface area contributed by atoms with Crippen molar-refractivity contribution in [2.45, 2.75) is 38.8 Å². The maximum absolute atomic E-state index is 9.82. The van der Waals surface area contributed by atoms with Gasteiger partial charge in [0.05, 0.1) is 25.9 Å². The van der Waals surface area contributed by atoms with E-state index >= 15 is 0 Å². The van der Waals surface area contributed by atoms with Gasteiger partial charge in [-0.25, -0.2) is 0 Å². The van der Waals surface area contributed by atoms with Gasteiger partial charge in [0.2, 0.25) is 0 Å². The summed E-state index contributed by atoms with van der Waals surface area (Å²) >= 11 is 0. The molecule has 0 saturated heterocycles. The Balaban J connectivity index is 1.73. The first kappa shape index (κ1) is 17.8. The van der Waals surface area contributed by atoms with E-state index in [0.717, 1.165) is 35.5 Å². The highest BCUT2D eigenvalue weighted by Crippen LogP contribution is 2.32. The lowest BCUT2D eigenvalue weighted by Crippen LogP contribution is -2.27. The average molecular weight is 341 g/mol. The summed E-state index contributed by atoms with van der Waals surface area (Å²) in [5, 5.41) is 13.3. The van der Waals surface area contributed by atoms with Crippen molar-refractivity contribution in [1.29, 1.82) is 0 Å². The van der Waals surface area contributed by atoms with Gasteiger partial charge in [0, 0.05) is 12.5 Å². The molecule has 134 valence electrons. The maximum atomic E-state index is 9.82. The molecular formula is C21H27NO3. The van der Waals surface area contributed by atoms with Crippen molar-refractivity contribution in [3.05, 3.63) is 59.2 Å². The molecule has 1 aliphatic heterocycles. The minimum atomic E-state index is -0.100. The molecule has 2 unspecified atom stereocenters. The number of benzene rings is 2. The largest absolute Gasteiger partial charge is 0.490 e. The molecule has 0 bridgehead atoms. The zero-order chi connectivity index (χ0) is 17.6. The van der Waals surface area contributed by atoms with Crippen LogP contribution in [0.15, 0.2) is 42.5 Å². The third kappa shape index (κ3) is 4.33. The molecule has 0 aliphatic carbocycles. The summed E-state index contributed by atoms with van der Waals surface area (Å²) in [6.45, 7) is 5.67. The second-order valence-corrected chi connectivity index (χ2v) is 6.48. The molecule has 0 amide bonds. The van der Waals surface area contributed by atoms with E-state index in [0.29, 0.717) is 13.2 Å². The summed E-state index contributed by atoms with van der Waals surface area (Å²) in [4.78, 5) is 0. The maximum Gasteiger partial charge on any atom is 0.161 e. The molecule has 4 heteroatoms. The fourth-order valence-electron chi connectivity index (χ4n) is 3.09. The van der Waals surface area contributed by atoms with Crippen molar-refractivity contribution >= 4 is 0 Å². The third-order valence-electron chi connectivity index (χ3n) is 4.70. The normalized spacial score (nSPS) is 16.1. The lowest BCUT2D eigenvalue weighted by atomic mass is 10.0. The van der Waals surface area contributed by atoms with Crippen LogP contribution in [0, 0.1) is 0 Å². The number of nitrogens with one attached hydrogen (secondary N) is 1. The number of hydrogen-bond donors (Lipinski definition) is 2. The minimum absolute atomic E-state index is 0.0559. The fraction of sp³-hybridized carbons (Fsp3) is 0.429. The van der Waals surface area contributed by atoms with Gasteiger partial charge in [-0.3, -0.25) is 0 Å². The molecule has 2 atom stereocenters. The van der Waals surface area contributed by atoms with Crippen molar-refractivity contribution in [3.63, 3.8) is 0 Å². The second-order valence-electron chi connectivity index (χ2n) is 6.48. The first-order chi connectivity index (χ1) is 12.2. The summed E-state index contributed by atoms with van der Waals surface area (Å²) < 4.78 is 11.5. The van der Waals surface area contributed by atoms with Gasteiger partial charge in [-0.15, -0.1) is 0 Å². The summed E-state index contributed by atoms with van der Waals surface area (Å²) in [6, 6.07) is 14.5. The van der Waals surface area contributed by atoms with Crippen LogP contribution in [0.1, 0.15) is 49.0 Å². The highest BCUT2D eigenvalue weighted by molar-refractivity contribution is 5.44. The number of hydrogen-bond acceptors (Lipinski definition) is 4. The Bertz CT molecular complexity index is 684. The summed E-state index contributed by atoms with van der Waals surface area (Å²) in [7, 11) is 0. The smallest absolute Gasteiger partial charge is 0.161 e. The lowest BCUT2D eigenvalue weighted by Gasteiger charge is -2.23. The van der Waals surface area contributed by atoms with Crippen LogP contribution in [0.25, 0.3) is 0 Å². The topological polar surface area (TPSA) is 50.7 Å². The van der Waals surface area contributed by atoms with Crippen LogP contribution in [0.5, 0.6) is 11.5 Å². The zero-order valence-corrected chi connectivity index (χ0v) is 15.0. The first-order valence-electron chi connectivity index (χ1n) is 9.06. The monoisotopic (exact) mass is 341 g/mol. The van der Waals surface area contributed by atoms with E-state index in [-0.39, 0.29) is 18.7 Å². The second kappa shape index (κ2) is 8.37. The Morgan fingerprint density at radius 3 is 2.36 bits per heavy atom. The molecule has 25 heavy (non-hydrogen) atoms. The molecule has 1 aliphatic rings. The van der Waals surface area contributed by atoms with Gasteiger partial charge < -0.3 is 19.9 Å². The van der Waals surface area contributed by atoms with Gasteiger partial charge in [-0.1, -0.05) is 37.3 Å². The summed E-state index contributed by atoms with van der Waals surface area (Å²) in [6.07, 6.45) is 1.92. The number of ether oxygens (including phenoxy) is 2. The van der Waals surface area contributed by atoms with Crippen LogP contribution in [0.4, 0.5) is 0 Å². The van der Waals surface area contributed by atoms with Crippen LogP contribution < -0.4 is 14.8 Å². The van der Waals surface area contributed by atoms with Crippen LogP contribution >= 0.6 is 0 Å². The van der Waals surface area contributed by atoms with Gasteiger partial charge in [-0.05, 0) is 42.2 Å². The van der Waals surface area contributed by atoms with E-state index in [9.17, 15) is 5.11 Å². The van der Waals surface area contributed by atoms with Crippen molar-refractivity contribution in [3.8, 4) is 11.5 Å². The van der Waals surface area contributed by atoms with E-state index in [1.54, 1.807) is 0 Å².